The molecule has 0 aromatic heterocycles. The standard InChI is InChI=1S/C20H25N3O2/c1-15(2)23(14-16-9-6-5-7-10-16)20(25)19(24)21-17-11-8-12-18(13-17)22(3)4/h5-13,15H,14H2,1-4H3,(H,21,24). The van der Waals surface area contributed by atoms with Crippen molar-refractivity contribution in [3.05, 3.63) is 60.2 Å². The van der Waals surface area contributed by atoms with Crippen LogP contribution in [0.4, 0.5) is 11.4 Å². The first-order valence-corrected chi connectivity index (χ1v) is 8.31. The molecule has 5 nitrogen and oxygen atoms in total. The molecule has 0 spiro atoms. The van der Waals surface area contributed by atoms with Gasteiger partial charge in [0.2, 0.25) is 0 Å². The molecule has 25 heavy (non-hydrogen) atoms. The van der Waals surface area contributed by atoms with Crippen molar-refractivity contribution in [2.75, 3.05) is 24.3 Å². The number of benzene rings is 2. The molecule has 0 bridgehead atoms. The minimum Gasteiger partial charge on any atom is -0.378 e. The summed E-state index contributed by atoms with van der Waals surface area (Å²) in [7, 11) is 3.85. The number of hydrogen-bond donors (Lipinski definition) is 1. The second kappa shape index (κ2) is 8.33. The van der Waals surface area contributed by atoms with Crippen LogP contribution >= 0.6 is 0 Å². The van der Waals surface area contributed by atoms with Crippen LogP contribution in [-0.4, -0.2) is 36.9 Å². The van der Waals surface area contributed by atoms with Gasteiger partial charge in [-0.25, -0.2) is 0 Å². The topological polar surface area (TPSA) is 52.7 Å². The van der Waals surface area contributed by atoms with Crippen LogP contribution in [0, 0.1) is 0 Å². The van der Waals surface area contributed by atoms with E-state index in [1.807, 2.05) is 81.4 Å². The maximum absolute atomic E-state index is 12.6. The fraction of sp³-hybridized carbons (Fsp3) is 0.300. The Labute approximate surface area is 149 Å². The van der Waals surface area contributed by atoms with Gasteiger partial charge in [0, 0.05) is 38.1 Å². The maximum atomic E-state index is 12.6. The highest BCUT2D eigenvalue weighted by Crippen LogP contribution is 2.17. The summed E-state index contributed by atoms with van der Waals surface area (Å²) in [5.74, 6) is -1.16. The number of rotatable bonds is 5. The zero-order valence-corrected chi connectivity index (χ0v) is 15.2. The molecule has 132 valence electrons. The molecular formula is C20H25N3O2. The summed E-state index contributed by atoms with van der Waals surface area (Å²) < 4.78 is 0. The first-order valence-electron chi connectivity index (χ1n) is 8.31. The van der Waals surface area contributed by atoms with Crippen molar-refractivity contribution >= 4 is 23.2 Å². The van der Waals surface area contributed by atoms with Gasteiger partial charge in [0.05, 0.1) is 0 Å². The number of hydrogen-bond acceptors (Lipinski definition) is 3. The van der Waals surface area contributed by atoms with E-state index in [2.05, 4.69) is 5.32 Å². The number of nitrogens with zero attached hydrogens (tertiary/aromatic N) is 2. The van der Waals surface area contributed by atoms with E-state index < -0.39 is 11.8 Å². The molecule has 0 radical (unpaired) electrons. The highest BCUT2D eigenvalue weighted by molar-refractivity contribution is 6.39. The second-order valence-corrected chi connectivity index (χ2v) is 6.41. The molecule has 0 aliphatic heterocycles. The van der Waals surface area contributed by atoms with E-state index in [-0.39, 0.29) is 6.04 Å². The summed E-state index contributed by atoms with van der Waals surface area (Å²) >= 11 is 0. The van der Waals surface area contributed by atoms with Crippen molar-refractivity contribution in [3.63, 3.8) is 0 Å². The fourth-order valence-corrected chi connectivity index (χ4v) is 2.45. The van der Waals surface area contributed by atoms with Crippen LogP contribution in [0.15, 0.2) is 54.6 Å². The zero-order valence-electron chi connectivity index (χ0n) is 15.2. The van der Waals surface area contributed by atoms with E-state index >= 15 is 0 Å². The first kappa shape index (κ1) is 18.5. The third-order valence-electron chi connectivity index (χ3n) is 3.89. The van der Waals surface area contributed by atoms with Gasteiger partial charge in [-0.3, -0.25) is 9.59 Å². The molecule has 0 aliphatic carbocycles. The molecule has 0 heterocycles. The highest BCUT2D eigenvalue weighted by Gasteiger charge is 2.24. The number of carbonyl (C=O) groups is 2. The van der Waals surface area contributed by atoms with Gasteiger partial charge in [-0.1, -0.05) is 36.4 Å². The van der Waals surface area contributed by atoms with Crippen LogP contribution in [0.25, 0.3) is 0 Å². The van der Waals surface area contributed by atoms with E-state index in [0.717, 1.165) is 11.3 Å². The Morgan fingerprint density at radius 2 is 1.68 bits per heavy atom. The molecule has 0 atom stereocenters. The Morgan fingerprint density at radius 1 is 1.00 bits per heavy atom. The molecule has 0 saturated carbocycles. The molecule has 2 aromatic rings. The number of anilines is 2. The molecule has 0 saturated heterocycles. The largest absolute Gasteiger partial charge is 0.378 e. The molecule has 2 rings (SSSR count). The van der Waals surface area contributed by atoms with Gasteiger partial charge in [-0.2, -0.15) is 0 Å². The normalized spacial score (nSPS) is 10.4. The van der Waals surface area contributed by atoms with Crippen LogP contribution in [0.5, 0.6) is 0 Å². The van der Waals surface area contributed by atoms with Crippen LogP contribution in [0.2, 0.25) is 0 Å². The lowest BCUT2D eigenvalue weighted by atomic mass is 10.2. The van der Waals surface area contributed by atoms with Gasteiger partial charge in [-0.05, 0) is 37.6 Å². The minimum atomic E-state index is -0.625. The zero-order chi connectivity index (χ0) is 18.4. The Morgan fingerprint density at radius 3 is 2.28 bits per heavy atom. The van der Waals surface area contributed by atoms with Crippen molar-refractivity contribution in [2.45, 2.75) is 26.4 Å². The molecule has 5 heteroatoms. The Hall–Kier alpha value is -2.82. The van der Waals surface area contributed by atoms with Crippen molar-refractivity contribution in [1.29, 1.82) is 0 Å². The number of carbonyl (C=O) groups excluding carboxylic acids is 2. The van der Waals surface area contributed by atoms with Crippen molar-refractivity contribution < 1.29 is 9.59 Å². The van der Waals surface area contributed by atoms with E-state index in [9.17, 15) is 9.59 Å². The van der Waals surface area contributed by atoms with Crippen molar-refractivity contribution in [1.82, 2.24) is 4.90 Å². The van der Waals surface area contributed by atoms with Crippen LogP contribution in [-0.2, 0) is 16.1 Å². The molecule has 2 aromatic carbocycles. The van der Waals surface area contributed by atoms with Gasteiger partial charge in [0.1, 0.15) is 0 Å². The van der Waals surface area contributed by atoms with Gasteiger partial charge < -0.3 is 15.1 Å². The summed E-state index contributed by atoms with van der Waals surface area (Å²) in [6.07, 6.45) is 0. The number of amides is 2. The maximum Gasteiger partial charge on any atom is 0.313 e. The molecule has 0 unspecified atom stereocenters. The predicted molar refractivity (Wildman–Crippen MR) is 102 cm³/mol. The Kier molecular flexibility index (Phi) is 6.17. The predicted octanol–water partition coefficient (Wildman–Crippen LogP) is 3.13. The third-order valence-corrected chi connectivity index (χ3v) is 3.89. The van der Waals surface area contributed by atoms with E-state index in [1.54, 1.807) is 11.0 Å². The van der Waals surface area contributed by atoms with Gasteiger partial charge in [-0.15, -0.1) is 0 Å². The lowest BCUT2D eigenvalue weighted by molar-refractivity contribution is -0.144. The highest BCUT2D eigenvalue weighted by atomic mass is 16.2. The lowest BCUT2D eigenvalue weighted by Gasteiger charge is -2.26. The first-order chi connectivity index (χ1) is 11.9. The average molecular weight is 339 g/mol. The van der Waals surface area contributed by atoms with E-state index in [4.69, 9.17) is 0 Å². The summed E-state index contributed by atoms with van der Waals surface area (Å²) in [5.41, 5.74) is 2.55. The molecule has 0 fully saturated rings. The van der Waals surface area contributed by atoms with Crippen LogP contribution < -0.4 is 10.2 Å². The fourth-order valence-electron chi connectivity index (χ4n) is 2.45. The summed E-state index contributed by atoms with van der Waals surface area (Å²) in [5, 5.41) is 2.70. The second-order valence-electron chi connectivity index (χ2n) is 6.41. The van der Waals surface area contributed by atoms with Crippen molar-refractivity contribution in [3.8, 4) is 0 Å². The van der Waals surface area contributed by atoms with Crippen LogP contribution in [0.3, 0.4) is 0 Å². The minimum absolute atomic E-state index is 0.0773. The third kappa shape index (κ3) is 5.08. The molecule has 2 amide bonds. The van der Waals surface area contributed by atoms with Crippen LogP contribution in [0.1, 0.15) is 19.4 Å². The Bertz CT molecular complexity index is 727. The van der Waals surface area contributed by atoms with Gasteiger partial charge in [0.15, 0.2) is 0 Å². The lowest BCUT2D eigenvalue weighted by Crippen LogP contribution is -2.43. The summed E-state index contributed by atoms with van der Waals surface area (Å²) in [4.78, 5) is 28.5. The van der Waals surface area contributed by atoms with E-state index in [0.29, 0.717) is 12.2 Å². The summed E-state index contributed by atoms with van der Waals surface area (Å²) in [6.45, 7) is 4.21. The molecule has 0 aliphatic rings. The Balaban J connectivity index is 2.10. The summed E-state index contributed by atoms with van der Waals surface area (Å²) in [6, 6.07) is 17.0. The molecular weight excluding hydrogens is 314 g/mol. The van der Waals surface area contributed by atoms with E-state index in [1.165, 1.54) is 0 Å². The monoisotopic (exact) mass is 339 g/mol. The average Bonchev–Trinajstić information content (AvgIpc) is 2.60. The van der Waals surface area contributed by atoms with Crippen molar-refractivity contribution in [2.24, 2.45) is 0 Å². The SMILES string of the molecule is CC(C)N(Cc1ccccc1)C(=O)C(=O)Nc1cccc(N(C)C)c1. The number of nitrogens with one attached hydrogen (secondary N) is 1. The molecule has 1 N–H and O–H groups in total. The van der Waals surface area contributed by atoms with Gasteiger partial charge in [0.25, 0.3) is 0 Å². The quantitative estimate of drug-likeness (QED) is 0.852. The smallest absolute Gasteiger partial charge is 0.313 e. The van der Waals surface area contributed by atoms with Gasteiger partial charge >= 0.3 is 11.8 Å².